The van der Waals surface area contributed by atoms with Crippen LogP contribution in [0.25, 0.3) is 0 Å². The lowest BCUT2D eigenvalue weighted by Gasteiger charge is -2.21. The number of allylic oxidation sites excluding steroid dienone is 6. The van der Waals surface area contributed by atoms with Gasteiger partial charge in [-0.15, -0.1) is 0 Å². The molecular weight excluding hydrogens is 952 g/mol. The second kappa shape index (κ2) is 56.9. The van der Waals surface area contributed by atoms with Gasteiger partial charge in [0.2, 0.25) is 0 Å². The Bertz CT molecular complexity index is 1380. The number of ether oxygens (including phenoxy) is 3. The van der Waals surface area contributed by atoms with Crippen molar-refractivity contribution < 1.29 is 52.2 Å². The van der Waals surface area contributed by atoms with Crippen LogP contribution in [0.4, 0.5) is 0 Å². The van der Waals surface area contributed by atoms with E-state index in [1.807, 2.05) is 0 Å². The maximum atomic E-state index is 12.9. The van der Waals surface area contributed by atoms with Crippen LogP contribution in [0, 0.1) is 0 Å². The lowest BCUT2D eigenvalue weighted by Crippen LogP contribution is -2.30. The third kappa shape index (κ3) is 54.5. The Morgan fingerprint density at radius 1 is 0.378 bits per heavy atom. The minimum Gasteiger partial charge on any atom is -0.462 e. The number of rotatable bonds is 58. The van der Waals surface area contributed by atoms with Gasteiger partial charge in [-0.1, -0.05) is 243 Å². The second-order valence-electron chi connectivity index (χ2n) is 20.9. The molecule has 0 saturated heterocycles. The highest BCUT2D eigenvalue weighted by molar-refractivity contribution is 7.47. The van der Waals surface area contributed by atoms with Gasteiger partial charge < -0.3 is 24.2 Å². The number of aliphatic hydroxyl groups is 1. The fourth-order valence-corrected chi connectivity index (χ4v) is 9.58. The molecule has 2 N–H and O–H groups in total. The number of phosphoric acid groups is 1. The van der Waals surface area contributed by atoms with Gasteiger partial charge in [-0.3, -0.25) is 23.4 Å². The van der Waals surface area contributed by atoms with E-state index >= 15 is 0 Å². The molecule has 12 heteroatoms. The first-order valence-electron chi connectivity index (χ1n) is 30.9. The summed E-state index contributed by atoms with van der Waals surface area (Å²) in [6, 6.07) is 0. The zero-order chi connectivity index (χ0) is 54.1. The van der Waals surface area contributed by atoms with Crippen LogP contribution in [-0.2, 0) is 42.2 Å². The zero-order valence-corrected chi connectivity index (χ0v) is 49.0. The van der Waals surface area contributed by atoms with Gasteiger partial charge in [0, 0.05) is 19.3 Å². The summed E-state index contributed by atoms with van der Waals surface area (Å²) in [7, 11) is -4.75. The van der Waals surface area contributed by atoms with Gasteiger partial charge >= 0.3 is 25.7 Å². The van der Waals surface area contributed by atoms with Crippen LogP contribution >= 0.6 is 7.82 Å². The summed E-state index contributed by atoms with van der Waals surface area (Å²) in [6.45, 7) is 4.64. The molecule has 0 amide bonds. The molecule has 0 heterocycles. The molecule has 434 valence electrons. The molecular formula is C62H115O11P. The predicted molar refractivity (Wildman–Crippen MR) is 307 cm³/mol. The van der Waals surface area contributed by atoms with E-state index in [-0.39, 0.29) is 25.9 Å². The summed E-state index contributed by atoms with van der Waals surface area (Å²) in [4.78, 5) is 48.6. The number of unbranched alkanes of at least 4 members (excludes halogenated alkanes) is 35. The predicted octanol–water partition coefficient (Wildman–Crippen LogP) is 18.4. The molecule has 0 aliphatic heterocycles. The first-order chi connectivity index (χ1) is 36.2. The minimum absolute atomic E-state index is 0.162. The van der Waals surface area contributed by atoms with E-state index in [9.17, 15) is 28.9 Å². The molecule has 0 fully saturated rings. The molecule has 0 aromatic heterocycles. The Kier molecular flexibility index (Phi) is 55.1. The number of carbonyl (C=O) groups excluding carboxylic acids is 3. The number of hydrogen-bond donors (Lipinski definition) is 2. The molecule has 0 saturated carbocycles. The van der Waals surface area contributed by atoms with Crippen molar-refractivity contribution in [3.63, 3.8) is 0 Å². The lowest BCUT2D eigenvalue weighted by atomic mass is 10.0. The Balaban J connectivity index is 4.70. The third-order valence-electron chi connectivity index (χ3n) is 13.5. The quantitative estimate of drug-likeness (QED) is 0.0197. The van der Waals surface area contributed by atoms with E-state index in [0.717, 1.165) is 96.3 Å². The average Bonchev–Trinajstić information content (AvgIpc) is 3.39. The van der Waals surface area contributed by atoms with Crippen LogP contribution in [-0.4, -0.2) is 66.5 Å². The lowest BCUT2D eigenvalue weighted by molar-refractivity contribution is -0.161. The molecule has 0 aliphatic rings. The van der Waals surface area contributed by atoms with Crippen molar-refractivity contribution in [3.05, 3.63) is 36.5 Å². The number of aliphatic hydroxyl groups excluding tert-OH is 1. The molecule has 0 aromatic rings. The molecule has 0 aromatic carbocycles. The van der Waals surface area contributed by atoms with Crippen LogP contribution < -0.4 is 0 Å². The summed E-state index contributed by atoms with van der Waals surface area (Å²) >= 11 is 0. The van der Waals surface area contributed by atoms with E-state index in [1.165, 1.54) is 148 Å². The van der Waals surface area contributed by atoms with Crippen molar-refractivity contribution in [2.75, 3.05) is 26.4 Å². The third-order valence-corrected chi connectivity index (χ3v) is 14.5. The van der Waals surface area contributed by atoms with E-state index < -0.39 is 57.8 Å². The Morgan fingerprint density at radius 3 is 1.05 bits per heavy atom. The molecule has 0 spiro atoms. The SMILES string of the molecule is CCCCC/C=C\C/C=C\CCCCCCCCCC(=O)OC(COC(=O)CCCCCCCCCCCCCCCCCCC)COP(=O)(O)OCC(CO)OC(=O)CCCCCCC/C=C\CCCCCC. The fourth-order valence-electron chi connectivity index (χ4n) is 8.79. The second-order valence-corrected chi connectivity index (χ2v) is 22.3. The van der Waals surface area contributed by atoms with Gasteiger partial charge in [-0.25, -0.2) is 4.57 Å². The maximum Gasteiger partial charge on any atom is 0.472 e. The van der Waals surface area contributed by atoms with Gasteiger partial charge in [-0.2, -0.15) is 0 Å². The van der Waals surface area contributed by atoms with Crippen LogP contribution in [0.3, 0.4) is 0 Å². The highest BCUT2D eigenvalue weighted by atomic mass is 31.2. The highest BCUT2D eigenvalue weighted by Gasteiger charge is 2.28. The van der Waals surface area contributed by atoms with Gasteiger partial charge in [0.1, 0.15) is 12.7 Å². The van der Waals surface area contributed by atoms with Crippen molar-refractivity contribution in [2.45, 2.75) is 315 Å². The molecule has 3 unspecified atom stereocenters. The van der Waals surface area contributed by atoms with Gasteiger partial charge in [-0.05, 0) is 77.0 Å². The topological polar surface area (TPSA) is 155 Å². The standard InChI is InChI=1S/C62H115O11P/c1-4-7-10-13-16-19-22-25-27-29-31-34-36-39-42-45-48-51-60(64)69-55-59(73-62(66)53-50-47-44-41-38-35-32-30-28-26-23-20-17-14-11-8-5-2)57-71-74(67,68)70-56-58(54-63)72-61(65)52-49-46-43-40-37-33-24-21-18-15-12-9-6-3/h17,20-21,24,26,28,58-59,63H,4-16,18-19,22-23,25,27,29-57H2,1-3H3,(H,67,68)/b20-17-,24-21-,28-26-. The van der Waals surface area contributed by atoms with Crippen molar-refractivity contribution in [1.82, 2.24) is 0 Å². The number of hydrogen-bond acceptors (Lipinski definition) is 10. The maximum absolute atomic E-state index is 12.9. The first-order valence-corrected chi connectivity index (χ1v) is 32.4. The van der Waals surface area contributed by atoms with E-state index in [4.69, 9.17) is 23.3 Å². The molecule has 0 bridgehead atoms. The zero-order valence-electron chi connectivity index (χ0n) is 48.1. The van der Waals surface area contributed by atoms with Crippen molar-refractivity contribution in [1.29, 1.82) is 0 Å². The summed E-state index contributed by atoms with van der Waals surface area (Å²) in [5, 5.41) is 9.82. The molecule has 0 aliphatic carbocycles. The molecule has 11 nitrogen and oxygen atoms in total. The van der Waals surface area contributed by atoms with E-state index in [2.05, 4.69) is 57.2 Å². The van der Waals surface area contributed by atoms with Crippen molar-refractivity contribution in [3.8, 4) is 0 Å². The fraction of sp³-hybridized carbons (Fsp3) is 0.855. The van der Waals surface area contributed by atoms with E-state index in [0.29, 0.717) is 19.3 Å². The van der Waals surface area contributed by atoms with Crippen LogP contribution in [0.2, 0.25) is 0 Å². The molecule has 74 heavy (non-hydrogen) atoms. The number of phosphoric ester groups is 1. The summed E-state index contributed by atoms with van der Waals surface area (Å²) in [6.07, 6.45) is 59.5. The summed E-state index contributed by atoms with van der Waals surface area (Å²) in [5.74, 6) is -1.46. The molecule has 0 rings (SSSR count). The monoisotopic (exact) mass is 1070 g/mol. The molecule has 3 atom stereocenters. The van der Waals surface area contributed by atoms with Crippen molar-refractivity contribution in [2.24, 2.45) is 0 Å². The highest BCUT2D eigenvalue weighted by Crippen LogP contribution is 2.43. The Hall–Kier alpha value is -2.30. The smallest absolute Gasteiger partial charge is 0.462 e. The Morgan fingerprint density at radius 2 is 0.662 bits per heavy atom. The number of esters is 3. The normalized spacial score (nSPS) is 13.5. The summed E-state index contributed by atoms with van der Waals surface area (Å²) in [5.41, 5.74) is 0. The van der Waals surface area contributed by atoms with Crippen LogP contribution in [0.15, 0.2) is 36.5 Å². The molecule has 0 radical (unpaired) electrons. The van der Waals surface area contributed by atoms with Gasteiger partial charge in [0.15, 0.2) is 6.10 Å². The van der Waals surface area contributed by atoms with E-state index in [1.54, 1.807) is 0 Å². The number of carbonyl (C=O) groups is 3. The Labute approximate surface area is 454 Å². The average molecular weight is 1070 g/mol. The van der Waals surface area contributed by atoms with Crippen LogP contribution in [0.5, 0.6) is 0 Å². The van der Waals surface area contributed by atoms with Gasteiger partial charge in [0.05, 0.1) is 19.8 Å². The minimum atomic E-state index is -4.75. The largest absolute Gasteiger partial charge is 0.472 e. The summed E-state index contributed by atoms with van der Waals surface area (Å²) < 4.78 is 39.6. The van der Waals surface area contributed by atoms with Crippen molar-refractivity contribution >= 4 is 25.7 Å². The van der Waals surface area contributed by atoms with Crippen LogP contribution in [0.1, 0.15) is 303 Å². The first kappa shape index (κ1) is 71.7. The van der Waals surface area contributed by atoms with Gasteiger partial charge in [0.25, 0.3) is 0 Å².